The summed E-state index contributed by atoms with van der Waals surface area (Å²) in [5, 5.41) is 3.62. The van der Waals surface area contributed by atoms with Gasteiger partial charge in [-0.15, -0.1) is 0 Å². The third kappa shape index (κ3) is 6.81. The van der Waals surface area contributed by atoms with E-state index < -0.39 is 0 Å². The smallest absolute Gasteiger partial charge is 0.0411 e. The lowest BCUT2D eigenvalue weighted by atomic mass is 10.00. The molecule has 0 aliphatic heterocycles. The summed E-state index contributed by atoms with van der Waals surface area (Å²) in [5.41, 5.74) is 2.89. The van der Waals surface area contributed by atoms with Gasteiger partial charge in [-0.2, -0.15) is 11.8 Å². The minimum atomic E-state index is 0.495. The molecule has 0 saturated carbocycles. The highest BCUT2D eigenvalue weighted by Gasteiger charge is 2.10. The molecule has 114 valence electrons. The van der Waals surface area contributed by atoms with E-state index in [9.17, 15) is 0 Å². The fraction of sp³-hybridized carbons (Fsp3) is 0.667. The van der Waals surface area contributed by atoms with Gasteiger partial charge in [0.05, 0.1) is 0 Å². The van der Waals surface area contributed by atoms with Gasteiger partial charge in [-0.1, -0.05) is 58.4 Å². The second-order valence-corrected chi connectivity index (χ2v) is 7.03. The Morgan fingerprint density at radius 1 is 1.10 bits per heavy atom. The van der Waals surface area contributed by atoms with Crippen molar-refractivity contribution in [2.45, 2.75) is 53.0 Å². The fourth-order valence-electron chi connectivity index (χ4n) is 2.32. The van der Waals surface area contributed by atoms with Crippen molar-refractivity contribution in [2.24, 2.45) is 5.92 Å². The van der Waals surface area contributed by atoms with Gasteiger partial charge in [0.15, 0.2) is 0 Å². The molecule has 0 heterocycles. The van der Waals surface area contributed by atoms with Gasteiger partial charge in [0.25, 0.3) is 0 Å². The average Bonchev–Trinajstić information content (AvgIpc) is 2.43. The number of rotatable bonds is 10. The molecule has 0 aromatic heterocycles. The van der Waals surface area contributed by atoms with Gasteiger partial charge in [0, 0.05) is 11.8 Å². The summed E-state index contributed by atoms with van der Waals surface area (Å²) in [6, 6.07) is 9.72. The molecule has 1 unspecified atom stereocenters. The van der Waals surface area contributed by atoms with Gasteiger partial charge < -0.3 is 5.32 Å². The van der Waals surface area contributed by atoms with Crippen LogP contribution in [0.15, 0.2) is 24.3 Å². The lowest BCUT2D eigenvalue weighted by Gasteiger charge is -2.18. The highest BCUT2D eigenvalue weighted by Crippen LogP contribution is 2.20. The number of nitrogens with one attached hydrogen (secondary N) is 1. The quantitative estimate of drug-likeness (QED) is 0.604. The number of unbranched alkanes of at least 4 members (excludes halogenated alkanes) is 1. The van der Waals surface area contributed by atoms with Crippen LogP contribution in [0.4, 0.5) is 0 Å². The molecule has 1 aromatic rings. The lowest BCUT2D eigenvalue weighted by molar-refractivity contribution is 0.604. The van der Waals surface area contributed by atoms with Crippen molar-refractivity contribution >= 4 is 11.8 Å². The molecule has 1 atom stereocenters. The Labute approximate surface area is 129 Å². The zero-order valence-corrected chi connectivity index (χ0v) is 14.4. The first-order valence-electron chi connectivity index (χ1n) is 8.07. The molecule has 0 saturated heterocycles. The van der Waals surface area contributed by atoms with Gasteiger partial charge in [-0.05, 0) is 42.2 Å². The molecule has 1 nitrogen and oxygen atoms in total. The molecule has 0 bridgehead atoms. The van der Waals surface area contributed by atoms with Gasteiger partial charge in [0.2, 0.25) is 0 Å². The second kappa shape index (κ2) is 10.3. The molecule has 0 radical (unpaired) electrons. The number of benzene rings is 1. The van der Waals surface area contributed by atoms with Gasteiger partial charge in [-0.25, -0.2) is 0 Å². The van der Waals surface area contributed by atoms with E-state index in [1.807, 2.05) is 0 Å². The standard InChI is InChI=1S/C18H31NS/c1-5-7-12-20-14-18(19-6-2)17-10-8-16(9-11-17)13-15(3)4/h8-11,15,18-19H,5-7,12-14H2,1-4H3. The van der Waals surface area contributed by atoms with E-state index in [0.29, 0.717) is 6.04 Å². The third-order valence-corrected chi connectivity index (χ3v) is 4.55. The van der Waals surface area contributed by atoms with E-state index in [1.165, 1.54) is 41.9 Å². The summed E-state index contributed by atoms with van der Waals surface area (Å²) in [6.45, 7) is 10.0. The molecule has 1 aromatic carbocycles. The largest absolute Gasteiger partial charge is 0.310 e. The van der Waals surface area contributed by atoms with Crippen LogP contribution < -0.4 is 5.32 Å². The van der Waals surface area contributed by atoms with E-state index >= 15 is 0 Å². The van der Waals surface area contributed by atoms with Crippen molar-refractivity contribution in [3.8, 4) is 0 Å². The molecular formula is C18H31NS. The summed E-state index contributed by atoms with van der Waals surface area (Å²) in [4.78, 5) is 0. The SMILES string of the molecule is CCCCSCC(NCC)c1ccc(CC(C)C)cc1. The van der Waals surface area contributed by atoms with Crippen LogP contribution in [0.5, 0.6) is 0 Å². The first-order valence-corrected chi connectivity index (χ1v) is 9.22. The van der Waals surface area contributed by atoms with Crippen molar-refractivity contribution < 1.29 is 0 Å². The van der Waals surface area contributed by atoms with E-state index in [2.05, 4.69) is 69.0 Å². The van der Waals surface area contributed by atoms with E-state index in [1.54, 1.807) is 0 Å². The predicted octanol–water partition coefficient (Wildman–Crippen LogP) is 5.07. The maximum atomic E-state index is 3.62. The zero-order valence-electron chi connectivity index (χ0n) is 13.6. The Morgan fingerprint density at radius 2 is 1.80 bits per heavy atom. The van der Waals surface area contributed by atoms with Crippen molar-refractivity contribution in [1.29, 1.82) is 0 Å². The molecule has 2 heteroatoms. The minimum absolute atomic E-state index is 0.495. The maximum Gasteiger partial charge on any atom is 0.0411 e. The van der Waals surface area contributed by atoms with Crippen LogP contribution >= 0.6 is 11.8 Å². The second-order valence-electron chi connectivity index (χ2n) is 5.88. The summed E-state index contributed by atoms with van der Waals surface area (Å²) in [6.07, 6.45) is 3.80. The predicted molar refractivity (Wildman–Crippen MR) is 93.6 cm³/mol. The van der Waals surface area contributed by atoms with E-state index in [4.69, 9.17) is 0 Å². The molecule has 0 fully saturated rings. The number of hydrogen-bond acceptors (Lipinski definition) is 2. The van der Waals surface area contributed by atoms with Crippen LogP contribution in [0, 0.1) is 5.92 Å². The highest BCUT2D eigenvalue weighted by atomic mass is 32.2. The minimum Gasteiger partial charge on any atom is -0.310 e. The van der Waals surface area contributed by atoms with Crippen LogP contribution in [0.1, 0.15) is 57.7 Å². The van der Waals surface area contributed by atoms with Crippen LogP contribution in [0.2, 0.25) is 0 Å². The summed E-state index contributed by atoms with van der Waals surface area (Å²) < 4.78 is 0. The highest BCUT2D eigenvalue weighted by molar-refractivity contribution is 7.99. The van der Waals surface area contributed by atoms with Gasteiger partial charge in [-0.3, -0.25) is 0 Å². The molecule has 0 amide bonds. The monoisotopic (exact) mass is 293 g/mol. The lowest BCUT2D eigenvalue weighted by Crippen LogP contribution is -2.23. The van der Waals surface area contributed by atoms with Crippen LogP contribution in [0.25, 0.3) is 0 Å². The maximum absolute atomic E-state index is 3.62. The zero-order chi connectivity index (χ0) is 14.8. The van der Waals surface area contributed by atoms with Crippen molar-refractivity contribution in [1.82, 2.24) is 5.32 Å². The average molecular weight is 294 g/mol. The molecule has 0 aliphatic rings. The summed E-state index contributed by atoms with van der Waals surface area (Å²) >= 11 is 2.07. The van der Waals surface area contributed by atoms with Crippen LogP contribution in [-0.4, -0.2) is 18.1 Å². The van der Waals surface area contributed by atoms with E-state index in [0.717, 1.165) is 12.5 Å². The summed E-state index contributed by atoms with van der Waals surface area (Å²) in [7, 11) is 0. The van der Waals surface area contributed by atoms with E-state index in [-0.39, 0.29) is 0 Å². The first kappa shape index (κ1) is 17.6. The first-order chi connectivity index (χ1) is 9.67. The van der Waals surface area contributed by atoms with Gasteiger partial charge >= 0.3 is 0 Å². The Kier molecular flexibility index (Phi) is 9.04. The Hall–Kier alpha value is -0.470. The number of thioether (sulfide) groups is 1. The Bertz CT molecular complexity index is 345. The van der Waals surface area contributed by atoms with Crippen LogP contribution in [0.3, 0.4) is 0 Å². The molecule has 1 N–H and O–H groups in total. The van der Waals surface area contributed by atoms with Crippen molar-refractivity contribution in [2.75, 3.05) is 18.1 Å². The molecule has 20 heavy (non-hydrogen) atoms. The fourth-order valence-corrected chi connectivity index (χ4v) is 3.53. The molecule has 0 spiro atoms. The van der Waals surface area contributed by atoms with Crippen LogP contribution in [-0.2, 0) is 6.42 Å². The summed E-state index contributed by atoms with van der Waals surface area (Å²) in [5.74, 6) is 3.19. The topological polar surface area (TPSA) is 12.0 Å². The Morgan fingerprint density at radius 3 is 2.35 bits per heavy atom. The number of hydrogen-bond donors (Lipinski definition) is 1. The van der Waals surface area contributed by atoms with Crippen molar-refractivity contribution in [3.63, 3.8) is 0 Å². The molecular weight excluding hydrogens is 262 g/mol. The van der Waals surface area contributed by atoms with Gasteiger partial charge in [0.1, 0.15) is 0 Å². The third-order valence-electron chi connectivity index (χ3n) is 3.40. The molecule has 0 aliphatic carbocycles. The Balaban J connectivity index is 2.56. The molecule has 1 rings (SSSR count). The normalized spacial score (nSPS) is 12.8. The van der Waals surface area contributed by atoms with Crippen molar-refractivity contribution in [3.05, 3.63) is 35.4 Å².